The average molecular weight is 1710 g/mol. The molecule has 0 aliphatic rings. The van der Waals surface area contributed by atoms with E-state index in [0.29, 0.717) is 52.7 Å². The molecule has 0 bridgehead atoms. The summed E-state index contributed by atoms with van der Waals surface area (Å²) in [5.74, 6) is 5.69. The molecule has 14 heteroatoms. The Hall–Kier alpha value is -17.6. The van der Waals surface area contributed by atoms with Gasteiger partial charge in [0.1, 0.15) is 0 Å². The first-order chi connectivity index (χ1) is 65.0. The van der Waals surface area contributed by atoms with Gasteiger partial charge >= 0.3 is 0 Å². The Balaban J connectivity index is 0.000000120. The molecule has 0 unspecified atom stereocenters. The molecule has 0 saturated heterocycles. The highest BCUT2D eigenvalue weighted by atomic mass is 28.3. The molecule has 7 aromatic heterocycles. The van der Waals surface area contributed by atoms with Crippen LogP contribution >= 0.6 is 0 Å². The van der Waals surface area contributed by atoms with Crippen molar-refractivity contribution in [2.45, 2.75) is 7.43 Å². The minimum atomic E-state index is -2.82. The zero-order valence-corrected chi connectivity index (χ0v) is 71.9. The van der Waals surface area contributed by atoms with Crippen molar-refractivity contribution >= 4 is 116 Å². The topological polar surface area (TPSA) is 136 Å². The van der Waals surface area contributed by atoms with Crippen molar-refractivity contribution in [3.8, 4) is 103 Å². The van der Waals surface area contributed by atoms with Crippen LogP contribution in [-0.4, -0.2) is 71.2 Å². The maximum absolute atomic E-state index is 5.40. The van der Waals surface area contributed by atoms with E-state index in [-0.39, 0.29) is 7.43 Å². The lowest BCUT2D eigenvalue weighted by Crippen LogP contribution is -2.74. The van der Waals surface area contributed by atoms with Crippen molar-refractivity contribution in [2.24, 2.45) is 0 Å². The summed E-state index contributed by atoms with van der Waals surface area (Å²) in [6, 6.07) is 167. The predicted octanol–water partition coefficient (Wildman–Crippen LogP) is 25.7. The van der Waals surface area contributed by atoms with E-state index in [1.807, 2.05) is 127 Å². The molecule has 624 valence electrons. The predicted molar refractivity (Wildman–Crippen MR) is 545 cm³/mol. The summed E-state index contributed by atoms with van der Waals surface area (Å²) in [7, 11) is -2.82. The molecule has 0 fully saturated rings. The standard InChI is InChI=1S/C51H35N5Si.2C33H22N4.CH4/c1-4-20-37(21-5-1)57(38-22-6-2-7-23-38,39-24-8-3-9-25-39)40-26-18-19-36(35-40)49-52-50(55-45-31-14-10-27-41(45)42-28-11-15-32-46(42)55)54-51(53-49)56-47-33-16-12-29-43(47)44-30-13-17-34-48(44)56;1-4-12-23(13-5-1)31-34-32(24-14-6-2-7-15-24)36-33(35-31)25-20-21-30-28(22-25)27-18-10-11-19-29(27)37(30)26-16-8-3-9-17-26;1-3-12-23(13-4-1)31-34-32(24-14-5-2-6-15-24)36-33(35-31)25-16-11-17-26(22-25)37-29-20-9-7-18-27(29)28-19-8-10-21-30(28)37;/h1-35H;2*1-22H;1H4. The Morgan fingerprint density at radius 3 is 0.720 bits per heavy atom. The van der Waals surface area contributed by atoms with Gasteiger partial charge in [0.05, 0.1) is 44.1 Å². The van der Waals surface area contributed by atoms with Crippen LogP contribution in [0.5, 0.6) is 0 Å². The van der Waals surface area contributed by atoms with Crippen molar-refractivity contribution in [3.05, 3.63) is 479 Å². The maximum atomic E-state index is 5.40. The number of fused-ring (bicyclic) bond motifs is 12. The second kappa shape index (κ2) is 35.0. The number of benzene rings is 18. The second-order valence-corrected chi connectivity index (χ2v) is 36.2. The van der Waals surface area contributed by atoms with Gasteiger partial charge in [0.15, 0.2) is 48.8 Å². The molecule has 0 radical (unpaired) electrons. The largest absolute Gasteiger partial charge is 0.309 e. The van der Waals surface area contributed by atoms with Crippen LogP contribution in [0.15, 0.2) is 479 Å². The molecule has 25 rings (SSSR count). The first kappa shape index (κ1) is 80.3. The molecule has 0 aliphatic heterocycles. The lowest BCUT2D eigenvalue weighted by molar-refractivity contribution is 0.893. The van der Waals surface area contributed by atoms with Crippen molar-refractivity contribution in [3.63, 3.8) is 0 Å². The van der Waals surface area contributed by atoms with E-state index in [0.717, 1.165) is 99.4 Å². The average Bonchev–Trinajstić information content (AvgIpc) is 1.22. The molecular formula is C118H83N13Si. The van der Waals surface area contributed by atoms with Crippen LogP contribution in [0.1, 0.15) is 7.43 Å². The van der Waals surface area contributed by atoms with E-state index in [2.05, 4.69) is 370 Å². The Morgan fingerprint density at radius 1 is 0.144 bits per heavy atom. The van der Waals surface area contributed by atoms with Crippen LogP contribution in [0.25, 0.3) is 190 Å². The normalized spacial score (nSPS) is 11.4. The number of hydrogen-bond donors (Lipinski definition) is 0. The van der Waals surface area contributed by atoms with Gasteiger partial charge in [0.25, 0.3) is 0 Å². The summed E-state index contributed by atoms with van der Waals surface area (Å²) in [5.41, 5.74) is 17.7. The van der Waals surface area contributed by atoms with Crippen molar-refractivity contribution in [1.29, 1.82) is 0 Å². The zero-order chi connectivity index (χ0) is 87.0. The van der Waals surface area contributed by atoms with Gasteiger partial charge in [0, 0.05) is 93.4 Å². The first-order valence-electron chi connectivity index (χ1n) is 43.9. The summed E-state index contributed by atoms with van der Waals surface area (Å²) < 4.78 is 9.00. The highest BCUT2D eigenvalue weighted by Crippen LogP contribution is 2.40. The van der Waals surface area contributed by atoms with Crippen LogP contribution in [-0.2, 0) is 0 Å². The van der Waals surface area contributed by atoms with Crippen LogP contribution in [0, 0.1) is 0 Å². The molecule has 0 saturated carbocycles. The smallest absolute Gasteiger partial charge is 0.240 e. The molecule has 13 nitrogen and oxygen atoms in total. The van der Waals surface area contributed by atoms with Crippen LogP contribution < -0.4 is 20.7 Å². The summed E-state index contributed by atoms with van der Waals surface area (Å²) in [6.07, 6.45) is 0. The van der Waals surface area contributed by atoms with Gasteiger partial charge in [-0.25, -0.2) is 29.9 Å². The Labute approximate surface area is 763 Å². The number of rotatable bonds is 15. The van der Waals surface area contributed by atoms with Gasteiger partial charge in [0.2, 0.25) is 11.9 Å². The molecule has 25 aromatic rings. The summed E-state index contributed by atoms with van der Waals surface area (Å²) in [6.45, 7) is 0. The zero-order valence-electron chi connectivity index (χ0n) is 70.9. The van der Waals surface area contributed by atoms with E-state index in [1.54, 1.807) is 0 Å². The SMILES string of the molecule is C.c1ccc(-c2nc(-c3ccccc3)nc(-c3ccc4c(c3)c3ccccc3n4-c3ccccc3)n2)cc1.c1ccc(-c2nc(-c3ccccc3)nc(-c3cccc(-n4c5ccccc5c5ccccc54)c3)n2)cc1.c1ccc([Si](c2ccccc2)(c2ccccc2)c2cccc(-c3nc(-n4c5ccccc5c5ccccc54)nc(-n4c5ccccc5c5ccccc54)n3)c2)cc1. The molecule has 0 amide bonds. The number of aromatic nitrogens is 13. The van der Waals surface area contributed by atoms with Crippen LogP contribution in [0.4, 0.5) is 0 Å². The van der Waals surface area contributed by atoms with E-state index in [9.17, 15) is 0 Å². The third kappa shape index (κ3) is 14.7. The molecular weight excluding hydrogens is 1630 g/mol. The highest BCUT2D eigenvalue weighted by Gasteiger charge is 2.42. The van der Waals surface area contributed by atoms with Crippen molar-refractivity contribution < 1.29 is 0 Å². The molecule has 0 aliphatic carbocycles. The van der Waals surface area contributed by atoms with Gasteiger partial charge in [-0.15, -0.1) is 0 Å². The third-order valence-electron chi connectivity index (χ3n) is 24.6. The number of hydrogen-bond acceptors (Lipinski definition) is 9. The fraction of sp³-hybridized carbons (Fsp3) is 0.00847. The maximum Gasteiger partial charge on any atom is 0.240 e. The van der Waals surface area contributed by atoms with E-state index in [1.165, 1.54) is 58.8 Å². The molecule has 0 spiro atoms. The van der Waals surface area contributed by atoms with Gasteiger partial charge in [-0.3, -0.25) is 9.13 Å². The van der Waals surface area contributed by atoms with E-state index >= 15 is 0 Å². The molecule has 0 N–H and O–H groups in total. The second-order valence-electron chi connectivity index (χ2n) is 32.3. The van der Waals surface area contributed by atoms with Crippen LogP contribution in [0.2, 0.25) is 0 Å². The molecule has 132 heavy (non-hydrogen) atoms. The van der Waals surface area contributed by atoms with Gasteiger partial charge < -0.3 is 9.13 Å². The minimum absolute atomic E-state index is 0. The fourth-order valence-electron chi connectivity index (χ4n) is 18.7. The minimum Gasteiger partial charge on any atom is -0.309 e. The van der Waals surface area contributed by atoms with E-state index < -0.39 is 8.07 Å². The Bertz CT molecular complexity index is 8020. The van der Waals surface area contributed by atoms with Gasteiger partial charge in [-0.05, 0) is 106 Å². The third-order valence-corrected chi connectivity index (χ3v) is 29.4. The van der Waals surface area contributed by atoms with Gasteiger partial charge in [-0.1, -0.05) is 402 Å². The lowest BCUT2D eigenvalue weighted by atomic mass is 10.1. The summed E-state index contributed by atoms with van der Waals surface area (Å²) in [5, 5.41) is 14.6. The molecule has 7 heterocycles. The molecule has 18 aromatic carbocycles. The molecule has 0 atom stereocenters. The van der Waals surface area contributed by atoms with Crippen molar-refractivity contribution in [2.75, 3.05) is 0 Å². The lowest BCUT2D eigenvalue weighted by Gasteiger charge is -2.34. The van der Waals surface area contributed by atoms with Gasteiger partial charge in [-0.2, -0.15) is 15.0 Å². The quantitative estimate of drug-likeness (QED) is 0.0726. The van der Waals surface area contributed by atoms with Crippen molar-refractivity contribution in [1.82, 2.24) is 63.1 Å². The fourth-order valence-corrected chi connectivity index (χ4v) is 23.5. The summed E-state index contributed by atoms with van der Waals surface area (Å²) in [4.78, 5) is 45.5. The monoisotopic (exact) mass is 1710 g/mol. The highest BCUT2D eigenvalue weighted by molar-refractivity contribution is 7.20. The Morgan fingerprint density at radius 2 is 0.371 bits per heavy atom. The number of nitrogens with zero attached hydrogens (tertiary/aromatic N) is 13. The number of para-hydroxylation sites is 8. The first-order valence-corrected chi connectivity index (χ1v) is 45.9. The Kier molecular flexibility index (Phi) is 21.3. The van der Waals surface area contributed by atoms with E-state index in [4.69, 9.17) is 44.9 Å². The van der Waals surface area contributed by atoms with Crippen LogP contribution in [0.3, 0.4) is 0 Å². The summed E-state index contributed by atoms with van der Waals surface area (Å²) >= 11 is 0.